The van der Waals surface area contributed by atoms with Gasteiger partial charge in [-0.3, -0.25) is 0 Å². The van der Waals surface area contributed by atoms with Gasteiger partial charge >= 0.3 is 0 Å². The smallest absolute Gasteiger partial charge is 0.123 e. The molecule has 1 heterocycles. The van der Waals surface area contributed by atoms with Crippen molar-refractivity contribution in [3.63, 3.8) is 0 Å². The number of anilines is 1. The summed E-state index contributed by atoms with van der Waals surface area (Å²) in [7, 11) is 0. The molecule has 0 amide bonds. The first-order chi connectivity index (χ1) is 9.13. The topological polar surface area (TPSA) is 48.1 Å². The van der Waals surface area contributed by atoms with Crippen molar-refractivity contribution >= 4 is 17.6 Å². The molecule has 0 saturated carbocycles. The Morgan fingerprint density at radius 3 is 2.53 bits per heavy atom. The molecular weight excluding hydrogens is 256 g/mol. The number of hydrogen-bond donors (Lipinski definition) is 1. The van der Waals surface area contributed by atoms with Gasteiger partial charge in [0.2, 0.25) is 0 Å². The van der Waals surface area contributed by atoms with Crippen LogP contribution in [0.15, 0.2) is 41.4 Å². The van der Waals surface area contributed by atoms with Crippen molar-refractivity contribution in [3.8, 4) is 5.75 Å². The molecule has 19 heavy (non-hydrogen) atoms. The molecule has 4 heteroatoms. The summed E-state index contributed by atoms with van der Waals surface area (Å²) in [5, 5.41) is 0. The Labute approximate surface area is 118 Å². The van der Waals surface area contributed by atoms with Gasteiger partial charge in [0.1, 0.15) is 11.6 Å². The highest BCUT2D eigenvalue weighted by Crippen LogP contribution is 2.19. The zero-order valence-corrected chi connectivity index (χ0v) is 12.0. The van der Waals surface area contributed by atoms with Crippen LogP contribution < -0.4 is 10.5 Å². The van der Waals surface area contributed by atoms with Crippen LogP contribution in [0.5, 0.6) is 5.75 Å². The van der Waals surface area contributed by atoms with E-state index in [-0.39, 0.29) is 0 Å². The lowest BCUT2D eigenvalue weighted by Crippen LogP contribution is -2.00. The Hall–Kier alpha value is -1.68. The van der Waals surface area contributed by atoms with Crippen molar-refractivity contribution in [2.45, 2.75) is 18.7 Å². The van der Waals surface area contributed by atoms with E-state index in [1.54, 1.807) is 18.0 Å². The van der Waals surface area contributed by atoms with Crippen LogP contribution in [0.25, 0.3) is 0 Å². The summed E-state index contributed by atoms with van der Waals surface area (Å²) >= 11 is 1.71. The number of rotatable bonds is 5. The summed E-state index contributed by atoms with van der Waals surface area (Å²) in [6.45, 7) is 4.83. The minimum atomic E-state index is 0.552. The molecule has 1 aromatic carbocycles. The number of aromatic nitrogens is 1. The van der Waals surface area contributed by atoms with Gasteiger partial charge in [0.15, 0.2) is 0 Å². The zero-order valence-electron chi connectivity index (χ0n) is 11.2. The van der Waals surface area contributed by atoms with Crippen LogP contribution in [-0.2, 0) is 0 Å². The minimum absolute atomic E-state index is 0.552. The molecule has 2 rings (SSSR count). The molecular formula is C15H18N2OS. The van der Waals surface area contributed by atoms with E-state index in [0.29, 0.717) is 12.4 Å². The maximum Gasteiger partial charge on any atom is 0.123 e. The van der Waals surface area contributed by atoms with Crippen LogP contribution in [0, 0.1) is 13.8 Å². The van der Waals surface area contributed by atoms with Gasteiger partial charge in [0.05, 0.1) is 6.61 Å². The summed E-state index contributed by atoms with van der Waals surface area (Å²) in [5.74, 6) is 2.38. The average molecular weight is 274 g/mol. The Kier molecular flexibility index (Phi) is 4.68. The fourth-order valence-electron chi connectivity index (χ4n) is 1.81. The standard InChI is InChI=1S/C15H18N2OS/c1-11-7-12(2)9-13(8-11)18-5-6-19-14-3-4-15(16)17-10-14/h3-4,7-10H,5-6H2,1-2H3,(H2,16,17). The lowest BCUT2D eigenvalue weighted by atomic mass is 10.1. The van der Waals surface area contributed by atoms with E-state index >= 15 is 0 Å². The molecule has 0 aliphatic rings. The summed E-state index contributed by atoms with van der Waals surface area (Å²) < 4.78 is 5.75. The quantitative estimate of drug-likeness (QED) is 0.670. The number of nitrogens with two attached hydrogens (primary N) is 1. The van der Waals surface area contributed by atoms with Gasteiger partial charge in [-0.2, -0.15) is 0 Å². The number of benzene rings is 1. The number of pyridine rings is 1. The Morgan fingerprint density at radius 1 is 1.16 bits per heavy atom. The van der Waals surface area contributed by atoms with Gasteiger partial charge in [-0.25, -0.2) is 4.98 Å². The maximum absolute atomic E-state index is 5.75. The average Bonchev–Trinajstić information content (AvgIpc) is 2.36. The Balaban J connectivity index is 1.79. The van der Waals surface area contributed by atoms with Crippen LogP contribution >= 0.6 is 11.8 Å². The van der Waals surface area contributed by atoms with Gasteiger partial charge in [-0.05, 0) is 49.2 Å². The van der Waals surface area contributed by atoms with E-state index in [1.807, 2.05) is 12.1 Å². The highest BCUT2D eigenvalue weighted by atomic mass is 32.2. The van der Waals surface area contributed by atoms with Gasteiger partial charge in [0.25, 0.3) is 0 Å². The highest BCUT2D eigenvalue weighted by Gasteiger charge is 1.98. The van der Waals surface area contributed by atoms with Crippen molar-refractivity contribution in [1.29, 1.82) is 0 Å². The molecule has 100 valence electrons. The lowest BCUT2D eigenvalue weighted by Gasteiger charge is -2.08. The third kappa shape index (κ3) is 4.48. The molecule has 0 radical (unpaired) electrons. The number of hydrogen-bond acceptors (Lipinski definition) is 4. The van der Waals surface area contributed by atoms with Crippen LogP contribution in [0.3, 0.4) is 0 Å². The number of thioether (sulfide) groups is 1. The first-order valence-electron chi connectivity index (χ1n) is 6.19. The molecule has 0 atom stereocenters. The molecule has 0 aliphatic heterocycles. The van der Waals surface area contributed by atoms with Crippen molar-refractivity contribution < 1.29 is 4.74 Å². The number of nitrogen functional groups attached to an aromatic ring is 1. The maximum atomic E-state index is 5.75. The lowest BCUT2D eigenvalue weighted by molar-refractivity contribution is 0.343. The van der Waals surface area contributed by atoms with Crippen LogP contribution in [-0.4, -0.2) is 17.3 Å². The third-order valence-electron chi connectivity index (χ3n) is 2.58. The molecule has 0 fully saturated rings. The van der Waals surface area contributed by atoms with E-state index < -0.39 is 0 Å². The SMILES string of the molecule is Cc1cc(C)cc(OCCSc2ccc(N)nc2)c1. The predicted molar refractivity (Wildman–Crippen MR) is 80.8 cm³/mol. The molecule has 0 unspecified atom stereocenters. The summed E-state index contributed by atoms with van der Waals surface area (Å²) in [5.41, 5.74) is 8.00. The Morgan fingerprint density at radius 2 is 1.89 bits per heavy atom. The minimum Gasteiger partial charge on any atom is -0.493 e. The van der Waals surface area contributed by atoms with Crippen molar-refractivity contribution in [3.05, 3.63) is 47.7 Å². The zero-order chi connectivity index (χ0) is 13.7. The van der Waals surface area contributed by atoms with Crippen molar-refractivity contribution in [1.82, 2.24) is 4.98 Å². The second-order valence-corrected chi connectivity index (χ2v) is 5.61. The van der Waals surface area contributed by atoms with Crippen molar-refractivity contribution in [2.24, 2.45) is 0 Å². The summed E-state index contributed by atoms with van der Waals surface area (Å²) in [6.07, 6.45) is 1.79. The van der Waals surface area contributed by atoms with E-state index in [1.165, 1.54) is 11.1 Å². The summed E-state index contributed by atoms with van der Waals surface area (Å²) in [4.78, 5) is 5.16. The monoisotopic (exact) mass is 274 g/mol. The fraction of sp³-hybridized carbons (Fsp3) is 0.267. The predicted octanol–water partition coefficient (Wildman–Crippen LogP) is 3.45. The number of ether oxygens (including phenoxy) is 1. The van der Waals surface area contributed by atoms with Crippen LogP contribution in [0.1, 0.15) is 11.1 Å². The Bertz CT molecular complexity index is 520. The molecule has 2 N–H and O–H groups in total. The van der Waals surface area contributed by atoms with E-state index in [0.717, 1.165) is 16.4 Å². The van der Waals surface area contributed by atoms with Gasteiger partial charge in [0, 0.05) is 16.8 Å². The molecule has 0 saturated heterocycles. The van der Waals surface area contributed by atoms with E-state index in [4.69, 9.17) is 10.5 Å². The molecule has 0 spiro atoms. The van der Waals surface area contributed by atoms with Gasteiger partial charge < -0.3 is 10.5 Å². The number of nitrogens with zero attached hydrogens (tertiary/aromatic N) is 1. The molecule has 2 aromatic rings. The summed E-state index contributed by atoms with van der Waals surface area (Å²) in [6, 6.07) is 10.0. The molecule has 0 aliphatic carbocycles. The largest absolute Gasteiger partial charge is 0.493 e. The van der Waals surface area contributed by atoms with E-state index in [2.05, 4.69) is 37.0 Å². The second-order valence-electron chi connectivity index (χ2n) is 4.44. The highest BCUT2D eigenvalue weighted by molar-refractivity contribution is 7.99. The van der Waals surface area contributed by atoms with Crippen LogP contribution in [0.2, 0.25) is 0 Å². The van der Waals surface area contributed by atoms with Crippen molar-refractivity contribution in [2.75, 3.05) is 18.1 Å². The first-order valence-corrected chi connectivity index (χ1v) is 7.17. The molecule has 1 aromatic heterocycles. The second kappa shape index (κ2) is 6.48. The number of aryl methyl sites for hydroxylation is 2. The normalized spacial score (nSPS) is 10.4. The first kappa shape index (κ1) is 13.7. The fourth-order valence-corrected chi connectivity index (χ4v) is 2.51. The molecule has 0 bridgehead atoms. The van der Waals surface area contributed by atoms with Crippen LogP contribution in [0.4, 0.5) is 5.82 Å². The van der Waals surface area contributed by atoms with Gasteiger partial charge in [-0.15, -0.1) is 11.8 Å². The van der Waals surface area contributed by atoms with E-state index in [9.17, 15) is 0 Å². The third-order valence-corrected chi connectivity index (χ3v) is 3.52. The van der Waals surface area contributed by atoms with Gasteiger partial charge in [-0.1, -0.05) is 6.07 Å². The molecule has 3 nitrogen and oxygen atoms in total.